The molecule has 0 aliphatic heterocycles. The van der Waals surface area contributed by atoms with Crippen molar-refractivity contribution in [2.24, 2.45) is 0 Å². The fourth-order valence-corrected chi connectivity index (χ4v) is 10.9. The number of benzene rings is 8. The molecule has 270 valence electrons. The molecule has 0 radical (unpaired) electrons. The molecule has 0 spiro atoms. The Morgan fingerprint density at radius 2 is 1.04 bits per heavy atom. The van der Waals surface area contributed by atoms with Gasteiger partial charge >= 0.3 is 0 Å². The third-order valence-corrected chi connectivity index (χ3v) is 13.7. The van der Waals surface area contributed by atoms with Crippen LogP contribution in [0.3, 0.4) is 0 Å². The molecule has 0 unspecified atom stereocenters. The van der Waals surface area contributed by atoms with Gasteiger partial charge in [-0.1, -0.05) is 123 Å². The number of fused-ring (bicyclic) bond motifs is 10. The van der Waals surface area contributed by atoms with E-state index in [1.165, 1.54) is 114 Å². The van der Waals surface area contributed by atoms with Gasteiger partial charge in [0, 0.05) is 47.8 Å². The quantitative estimate of drug-likeness (QED) is 0.170. The van der Waals surface area contributed by atoms with Gasteiger partial charge in [-0.05, 0) is 118 Å². The summed E-state index contributed by atoms with van der Waals surface area (Å²) < 4.78 is 6.25. The minimum atomic E-state index is -0.0604. The van der Waals surface area contributed by atoms with Crippen molar-refractivity contribution in [3.05, 3.63) is 193 Å². The normalized spacial score (nSPS) is 13.3. The summed E-state index contributed by atoms with van der Waals surface area (Å²) in [5.74, 6) is 0. The zero-order chi connectivity index (χ0) is 38.0. The van der Waals surface area contributed by atoms with Gasteiger partial charge in [0.25, 0.3) is 0 Å². The molecule has 0 fully saturated rings. The maximum absolute atomic E-state index is 2.48. The number of thiophene rings is 1. The Kier molecular flexibility index (Phi) is 6.80. The molecule has 0 bridgehead atoms. The van der Waals surface area contributed by atoms with Crippen LogP contribution in [0, 0.1) is 6.92 Å². The Morgan fingerprint density at radius 1 is 0.439 bits per heavy atom. The van der Waals surface area contributed by atoms with Crippen LogP contribution in [0.2, 0.25) is 0 Å². The molecule has 0 amide bonds. The van der Waals surface area contributed by atoms with Crippen LogP contribution < -0.4 is 0 Å². The Morgan fingerprint density at radius 3 is 1.79 bits per heavy atom. The summed E-state index contributed by atoms with van der Waals surface area (Å²) in [7, 11) is 0. The van der Waals surface area contributed by atoms with E-state index in [4.69, 9.17) is 0 Å². The third kappa shape index (κ3) is 4.70. The van der Waals surface area contributed by atoms with Crippen LogP contribution in [0.4, 0.5) is 0 Å². The van der Waals surface area contributed by atoms with Gasteiger partial charge < -0.3 is 9.13 Å². The van der Waals surface area contributed by atoms with Gasteiger partial charge in [0.2, 0.25) is 0 Å². The van der Waals surface area contributed by atoms with Gasteiger partial charge in [-0.2, -0.15) is 0 Å². The first-order valence-corrected chi connectivity index (χ1v) is 20.7. The first-order chi connectivity index (χ1) is 27.9. The molecule has 1 aliphatic rings. The number of rotatable bonds is 4. The molecule has 0 saturated carbocycles. The van der Waals surface area contributed by atoms with Crippen molar-refractivity contribution in [2.75, 3.05) is 0 Å². The van der Waals surface area contributed by atoms with E-state index in [0.29, 0.717) is 0 Å². The molecule has 3 heteroatoms. The van der Waals surface area contributed by atoms with Crippen molar-refractivity contribution in [2.45, 2.75) is 26.2 Å². The van der Waals surface area contributed by atoms with Crippen molar-refractivity contribution in [1.82, 2.24) is 9.13 Å². The molecular formula is C54H38N2S. The molecule has 8 aromatic carbocycles. The molecule has 0 N–H and O–H groups in total. The molecule has 12 rings (SSSR count). The van der Waals surface area contributed by atoms with E-state index in [2.05, 4.69) is 206 Å². The van der Waals surface area contributed by atoms with Crippen molar-refractivity contribution in [3.8, 4) is 44.1 Å². The summed E-state index contributed by atoms with van der Waals surface area (Å²) in [4.78, 5) is 1.29. The summed E-state index contributed by atoms with van der Waals surface area (Å²) in [6, 6.07) is 65.7. The maximum atomic E-state index is 2.48. The largest absolute Gasteiger partial charge is 0.309 e. The molecule has 0 atom stereocenters. The second-order valence-corrected chi connectivity index (χ2v) is 17.3. The van der Waals surface area contributed by atoms with Crippen LogP contribution in [0.1, 0.15) is 30.5 Å². The molecule has 2 nitrogen and oxygen atoms in total. The average molecular weight is 747 g/mol. The number of nitrogens with zero attached hydrogens (tertiary/aromatic N) is 2. The lowest BCUT2D eigenvalue weighted by Crippen LogP contribution is -2.15. The summed E-state index contributed by atoms with van der Waals surface area (Å²) in [6.07, 6.45) is 0. The van der Waals surface area contributed by atoms with E-state index < -0.39 is 0 Å². The zero-order valence-electron chi connectivity index (χ0n) is 32.0. The minimum Gasteiger partial charge on any atom is -0.309 e. The van der Waals surface area contributed by atoms with Gasteiger partial charge in [0.05, 0.1) is 27.8 Å². The second-order valence-electron chi connectivity index (χ2n) is 16.2. The van der Waals surface area contributed by atoms with E-state index in [9.17, 15) is 0 Å². The number of para-hydroxylation sites is 2. The molecule has 3 heterocycles. The van der Waals surface area contributed by atoms with E-state index in [-0.39, 0.29) is 5.41 Å². The van der Waals surface area contributed by atoms with Gasteiger partial charge in [0.1, 0.15) is 0 Å². The summed E-state index contributed by atoms with van der Waals surface area (Å²) in [6.45, 7) is 6.92. The second kappa shape index (κ2) is 11.9. The highest BCUT2D eigenvalue weighted by atomic mass is 32.1. The zero-order valence-corrected chi connectivity index (χ0v) is 32.9. The van der Waals surface area contributed by atoms with Gasteiger partial charge in [-0.3, -0.25) is 0 Å². The van der Waals surface area contributed by atoms with Crippen LogP contribution in [0.25, 0.3) is 97.8 Å². The van der Waals surface area contributed by atoms with Crippen molar-refractivity contribution in [1.29, 1.82) is 0 Å². The maximum Gasteiger partial charge on any atom is 0.0551 e. The van der Waals surface area contributed by atoms with E-state index in [0.717, 1.165) is 0 Å². The van der Waals surface area contributed by atoms with Crippen LogP contribution in [0.5, 0.6) is 0 Å². The minimum absolute atomic E-state index is 0.0604. The fourth-order valence-electron chi connectivity index (χ4n) is 9.82. The van der Waals surface area contributed by atoms with Crippen LogP contribution in [-0.4, -0.2) is 9.13 Å². The number of hydrogen-bond donors (Lipinski definition) is 0. The SMILES string of the molecule is Cc1ccc(-c2cc3ccccc3s2)c(-n2c3ccccc3c3cc(-c4ccc5c(c4)c4ccccc4n5-c4ccc5c(c4)C(C)(C)c4ccccc4-5)ccc32)c1. The smallest absolute Gasteiger partial charge is 0.0551 e. The predicted molar refractivity (Wildman–Crippen MR) is 244 cm³/mol. The van der Waals surface area contributed by atoms with Crippen molar-refractivity contribution < 1.29 is 0 Å². The Labute approximate surface area is 335 Å². The first-order valence-electron chi connectivity index (χ1n) is 19.8. The monoisotopic (exact) mass is 746 g/mol. The molecular weight excluding hydrogens is 709 g/mol. The van der Waals surface area contributed by atoms with Crippen molar-refractivity contribution >= 4 is 65.0 Å². The summed E-state index contributed by atoms with van der Waals surface area (Å²) >= 11 is 1.87. The lowest BCUT2D eigenvalue weighted by molar-refractivity contribution is 0.660. The highest BCUT2D eigenvalue weighted by Crippen LogP contribution is 2.50. The molecule has 1 aliphatic carbocycles. The molecule has 57 heavy (non-hydrogen) atoms. The number of hydrogen-bond acceptors (Lipinski definition) is 1. The van der Waals surface area contributed by atoms with Gasteiger partial charge in [-0.15, -0.1) is 11.3 Å². The Hall–Kier alpha value is -6.68. The summed E-state index contributed by atoms with van der Waals surface area (Å²) in [5, 5.41) is 6.34. The topological polar surface area (TPSA) is 9.86 Å². The predicted octanol–water partition coefficient (Wildman–Crippen LogP) is 15.0. The lowest BCUT2D eigenvalue weighted by Gasteiger charge is -2.22. The highest BCUT2D eigenvalue weighted by Gasteiger charge is 2.35. The average Bonchev–Trinajstić information content (AvgIpc) is 3.98. The van der Waals surface area contributed by atoms with E-state index in [1.807, 2.05) is 11.3 Å². The summed E-state index contributed by atoms with van der Waals surface area (Å²) in [5.41, 5.74) is 17.7. The lowest BCUT2D eigenvalue weighted by atomic mass is 9.82. The highest BCUT2D eigenvalue weighted by molar-refractivity contribution is 7.22. The van der Waals surface area contributed by atoms with Gasteiger partial charge in [0.15, 0.2) is 0 Å². The molecule has 11 aromatic rings. The standard InChI is InChI=1S/C54H38N2S/c1-33-20-24-42(53-31-36-12-4-11-19-52(36)57-53)51(28-33)56-48-18-10-7-15-41(48)44-30-35(22-27-50(44)56)34-21-26-49-43(29-34)40-14-6-9-17-47(40)55(49)37-23-25-39-38-13-5-8-16-45(38)54(2,3)46(39)32-37/h4-32H,1-3H3. The first kappa shape index (κ1) is 32.6. The van der Waals surface area contributed by atoms with E-state index >= 15 is 0 Å². The Bertz CT molecular complexity index is 3430. The number of aryl methyl sites for hydroxylation is 1. The third-order valence-electron chi connectivity index (χ3n) is 12.6. The van der Waals surface area contributed by atoms with E-state index in [1.54, 1.807) is 0 Å². The fraction of sp³-hybridized carbons (Fsp3) is 0.0741. The van der Waals surface area contributed by atoms with Crippen LogP contribution in [0.15, 0.2) is 176 Å². The van der Waals surface area contributed by atoms with Crippen molar-refractivity contribution in [3.63, 3.8) is 0 Å². The molecule has 0 saturated heterocycles. The molecule has 3 aromatic heterocycles. The van der Waals surface area contributed by atoms with Crippen LogP contribution >= 0.6 is 11.3 Å². The number of aromatic nitrogens is 2. The van der Waals surface area contributed by atoms with Crippen LogP contribution in [-0.2, 0) is 5.41 Å². The van der Waals surface area contributed by atoms with Gasteiger partial charge in [-0.25, -0.2) is 0 Å². The Balaban J connectivity index is 1.02.